The van der Waals surface area contributed by atoms with Gasteiger partial charge in [0.2, 0.25) is 0 Å². The van der Waals surface area contributed by atoms with Crippen LogP contribution in [0.1, 0.15) is 85.2 Å². The molecule has 17 heteroatoms. The van der Waals surface area contributed by atoms with Crippen LogP contribution < -0.4 is 26.6 Å². The third-order valence-corrected chi connectivity index (χ3v) is 11.2. The summed E-state index contributed by atoms with van der Waals surface area (Å²) in [5, 5.41) is 45.3. The fourth-order valence-corrected chi connectivity index (χ4v) is 7.45. The maximum absolute atomic E-state index is 13.4. The summed E-state index contributed by atoms with van der Waals surface area (Å²) in [6, 6.07) is 21.7. The molecule has 0 atom stereocenters. The molecule has 65 heavy (non-hydrogen) atoms. The molecule has 2 fully saturated rings. The molecule has 15 nitrogen and oxygen atoms in total. The van der Waals surface area contributed by atoms with Gasteiger partial charge >= 0.3 is 0 Å². The number of carbonyl (C=O) groups excluding carboxylic acids is 2. The van der Waals surface area contributed by atoms with Gasteiger partial charge in [0.1, 0.15) is 10.4 Å². The van der Waals surface area contributed by atoms with Gasteiger partial charge in [0.15, 0.2) is 17.1 Å². The number of rotatable bonds is 14. The summed E-state index contributed by atoms with van der Waals surface area (Å²) in [4.78, 5) is 34.1. The largest absolute Gasteiger partial charge is 0.389 e. The van der Waals surface area contributed by atoms with Gasteiger partial charge in [0.05, 0.1) is 46.4 Å². The van der Waals surface area contributed by atoms with Gasteiger partial charge in [-0.25, -0.2) is 23.4 Å². The third-order valence-electron chi connectivity index (χ3n) is 10.8. The number of aryl methyl sites for hydroxylation is 2. The zero-order valence-electron chi connectivity index (χ0n) is 37.1. The number of benzene rings is 3. The van der Waals surface area contributed by atoms with Gasteiger partial charge in [-0.3, -0.25) is 9.59 Å². The minimum Gasteiger partial charge on any atom is -0.389 e. The van der Waals surface area contributed by atoms with Crippen LogP contribution >= 0.6 is 15.9 Å². The van der Waals surface area contributed by atoms with Crippen molar-refractivity contribution < 1.29 is 24.2 Å². The second-order valence-electron chi connectivity index (χ2n) is 18.1. The van der Waals surface area contributed by atoms with E-state index in [4.69, 9.17) is 5.10 Å². The van der Waals surface area contributed by atoms with E-state index in [0.717, 1.165) is 65.0 Å². The van der Waals surface area contributed by atoms with E-state index in [0.29, 0.717) is 69.4 Å². The average molecular weight is 947 g/mol. The highest BCUT2D eigenvalue weighted by molar-refractivity contribution is 9.10. The smallest absolute Gasteiger partial charge is 0.251 e. The maximum Gasteiger partial charge on any atom is 0.251 e. The topological polar surface area (TPSA) is 195 Å². The van der Waals surface area contributed by atoms with Crippen molar-refractivity contribution in [3.05, 3.63) is 118 Å². The van der Waals surface area contributed by atoms with Crippen LogP contribution in [0.2, 0.25) is 0 Å². The number of nitrogens with zero attached hydrogens (tertiary/aromatic N) is 6. The summed E-state index contributed by atoms with van der Waals surface area (Å²) in [7, 11) is 0. The number of hydrogen-bond acceptors (Lipinski definition) is 11. The number of nitrogens with one attached hydrogen (secondary N) is 5. The fraction of sp³-hybridized carbons (Fsp3) is 0.333. The Kier molecular flexibility index (Phi) is 12.7. The molecule has 9 rings (SSSR count). The van der Waals surface area contributed by atoms with Crippen LogP contribution in [0.25, 0.3) is 33.8 Å². The second kappa shape index (κ2) is 18.2. The lowest BCUT2D eigenvalue weighted by Gasteiger charge is -2.19. The molecule has 7 aromatic rings. The lowest BCUT2D eigenvalue weighted by molar-refractivity contribution is 0.0939. The molecular weight excluding hydrogens is 894 g/mol. The lowest BCUT2D eigenvalue weighted by atomic mass is 10.0. The van der Waals surface area contributed by atoms with Crippen LogP contribution in [-0.2, 0) is 0 Å². The van der Waals surface area contributed by atoms with Crippen LogP contribution in [0.3, 0.4) is 0 Å². The molecular formula is C48H53BrFN11O4. The van der Waals surface area contributed by atoms with Crippen LogP contribution in [0.5, 0.6) is 0 Å². The molecule has 4 aromatic heterocycles. The van der Waals surface area contributed by atoms with E-state index in [-0.39, 0.29) is 17.6 Å². The number of hydrogen-bond donors (Lipinski definition) is 7. The number of halogens is 2. The highest BCUT2D eigenvalue weighted by Crippen LogP contribution is 2.31. The van der Waals surface area contributed by atoms with E-state index in [2.05, 4.69) is 57.6 Å². The predicted molar refractivity (Wildman–Crippen MR) is 254 cm³/mol. The highest BCUT2D eigenvalue weighted by Gasteiger charge is 2.26. The number of carbonyl (C=O) groups is 2. The molecule has 3 aromatic carbocycles. The first kappa shape index (κ1) is 45.1. The van der Waals surface area contributed by atoms with Crippen LogP contribution in [0.15, 0.2) is 89.8 Å². The van der Waals surface area contributed by atoms with Crippen molar-refractivity contribution in [3.8, 4) is 22.5 Å². The zero-order valence-corrected chi connectivity index (χ0v) is 38.7. The normalized spacial score (nSPS) is 13.9. The van der Waals surface area contributed by atoms with E-state index >= 15 is 0 Å². The van der Waals surface area contributed by atoms with E-state index in [9.17, 15) is 24.2 Å². The lowest BCUT2D eigenvalue weighted by Crippen LogP contribution is -2.29. The second-order valence-corrected chi connectivity index (χ2v) is 18.9. The Morgan fingerprint density at radius 1 is 0.692 bits per heavy atom. The van der Waals surface area contributed by atoms with Crippen molar-refractivity contribution in [1.82, 2.24) is 39.8 Å². The molecule has 2 saturated carbocycles. The summed E-state index contributed by atoms with van der Waals surface area (Å²) >= 11 is 3.45. The first-order chi connectivity index (χ1) is 30.9. The third kappa shape index (κ3) is 11.3. The van der Waals surface area contributed by atoms with Gasteiger partial charge in [-0.1, -0.05) is 12.1 Å². The zero-order chi connectivity index (χ0) is 46.2. The Morgan fingerprint density at radius 3 is 1.60 bits per heavy atom. The molecule has 7 N–H and O–H groups in total. The Bertz CT molecular complexity index is 2890. The van der Waals surface area contributed by atoms with Crippen molar-refractivity contribution in [1.29, 1.82) is 0 Å². The van der Waals surface area contributed by atoms with E-state index in [1.165, 1.54) is 12.1 Å². The minimum atomic E-state index is -0.936. The van der Waals surface area contributed by atoms with Crippen LogP contribution in [0, 0.1) is 19.7 Å². The van der Waals surface area contributed by atoms with E-state index in [1.54, 1.807) is 67.3 Å². The molecule has 338 valence electrons. The van der Waals surface area contributed by atoms with Gasteiger partial charge in [0, 0.05) is 59.2 Å². The molecule has 2 aliphatic rings. The molecule has 0 spiro atoms. The quantitative estimate of drug-likeness (QED) is 0.0556. The molecule has 0 radical (unpaired) electrons. The summed E-state index contributed by atoms with van der Waals surface area (Å²) < 4.78 is 17.5. The molecule has 0 aliphatic heterocycles. The summed E-state index contributed by atoms with van der Waals surface area (Å²) in [5.74, 6) is 0.122. The number of aliphatic hydroxyl groups is 2. The minimum absolute atomic E-state index is 0.0198. The summed E-state index contributed by atoms with van der Waals surface area (Å²) in [6.45, 7) is 11.5. The van der Waals surface area contributed by atoms with Gasteiger partial charge in [-0.15, -0.1) is 5.10 Å². The van der Waals surface area contributed by atoms with Crippen molar-refractivity contribution in [2.24, 2.45) is 0 Å². The van der Waals surface area contributed by atoms with Gasteiger partial charge in [-0.2, -0.15) is 5.10 Å². The van der Waals surface area contributed by atoms with Crippen molar-refractivity contribution in [2.75, 3.05) is 29.0 Å². The van der Waals surface area contributed by atoms with Gasteiger partial charge in [0.25, 0.3) is 11.8 Å². The molecule has 4 heterocycles. The van der Waals surface area contributed by atoms with Gasteiger partial charge < -0.3 is 36.8 Å². The first-order valence-electron chi connectivity index (χ1n) is 21.6. The Hall–Kier alpha value is -6.43. The summed E-state index contributed by atoms with van der Waals surface area (Å²) in [5.41, 5.74) is 8.08. The van der Waals surface area contributed by atoms with Gasteiger partial charge in [-0.05, 0) is 149 Å². The molecule has 0 bridgehead atoms. The average Bonchev–Trinajstić information content (AvgIpc) is 4.16. The van der Waals surface area contributed by atoms with Crippen molar-refractivity contribution in [2.45, 2.75) is 90.5 Å². The van der Waals surface area contributed by atoms with Crippen LogP contribution in [-0.4, -0.2) is 87.6 Å². The number of aromatic nitrogens is 6. The predicted octanol–water partition coefficient (Wildman–Crippen LogP) is 8.20. The Balaban J connectivity index is 0.000000181. The standard InChI is InChI=1S/C27H29FN6O2.C21H24BrN5O2/c1-16-12-17(4-11-21(16)26(35)32-20-9-10-20)23-14-29-25-22(30-15-27(2,3)36)13-24(33-34(23)25)31-19-7-5-18(28)6-8-19;1-12-8-13(4-7-15(12)20(28)25-14-5-6-14)17-10-23-19-16(24-11-21(2,3)29)9-18(22)26-27(17)19/h4-8,11-14,20,30,36H,9-10,15H2,1-3H3,(H,31,33)(H,32,35);4,7-10,14,24,29H,5-6,11H2,1-3H3,(H,25,28). The number of anilines is 4. The Labute approximate surface area is 384 Å². The molecule has 0 unspecified atom stereocenters. The number of fused-ring (bicyclic) bond motifs is 2. The van der Waals surface area contributed by atoms with Crippen molar-refractivity contribution >= 4 is 61.9 Å². The molecule has 2 aliphatic carbocycles. The summed E-state index contributed by atoms with van der Waals surface area (Å²) in [6.07, 6.45) is 7.70. The molecule has 2 amide bonds. The number of imidazole rings is 2. The number of amides is 2. The van der Waals surface area contributed by atoms with Crippen molar-refractivity contribution in [3.63, 3.8) is 0 Å². The first-order valence-corrected chi connectivity index (χ1v) is 22.4. The maximum atomic E-state index is 13.4. The van der Waals surface area contributed by atoms with Crippen LogP contribution in [0.4, 0.5) is 27.3 Å². The van der Waals surface area contributed by atoms with E-state index < -0.39 is 11.2 Å². The van der Waals surface area contributed by atoms with E-state index in [1.807, 2.05) is 56.3 Å². The monoisotopic (exact) mass is 945 g/mol. The SMILES string of the molecule is Cc1cc(-c2cnc3c(NCC(C)(C)O)cc(Br)nn23)ccc1C(=O)NC1CC1.Cc1cc(-c2cnc3c(NCC(C)(C)O)cc(Nc4ccc(F)cc4)nn23)ccc1C(=O)NC1CC1. The highest BCUT2D eigenvalue weighted by atomic mass is 79.9. The Morgan fingerprint density at radius 2 is 1.15 bits per heavy atom. The fourth-order valence-electron chi connectivity index (χ4n) is 7.06. The molecule has 0 saturated heterocycles.